The molecule has 104 valence electrons. The van der Waals surface area contributed by atoms with Gasteiger partial charge in [0.25, 0.3) is 5.91 Å². The van der Waals surface area contributed by atoms with Crippen LogP contribution in [0.3, 0.4) is 0 Å². The summed E-state index contributed by atoms with van der Waals surface area (Å²) in [6.45, 7) is 0.329. The van der Waals surface area contributed by atoms with Crippen LogP contribution in [0.5, 0.6) is 0 Å². The first kappa shape index (κ1) is 15.0. The molecule has 1 N–H and O–H groups in total. The molecule has 0 aromatic heterocycles. The van der Waals surface area contributed by atoms with Crippen LogP contribution in [-0.4, -0.2) is 5.91 Å². The second-order valence-electron chi connectivity index (χ2n) is 4.24. The number of hydrogen-bond acceptors (Lipinski definition) is 1. The third-order valence-corrected chi connectivity index (χ3v) is 3.72. The molecule has 0 saturated carbocycles. The van der Waals surface area contributed by atoms with Gasteiger partial charge in [-0.2, -0.15) is 0 Å². The van der Waals surface area contributed by atoms with Crippen molar-refractivity contribution < 1.29 is 9.18 Å². The second-order valence-corrected chi connectivity index (χ2v) is 5.36. The van der Waals surface area contributed by atoms with Crippen LogP contribution in [0.1, 0.15) is 21.5 Å². The number of carbonyl (C=O) groups excluding carboxylic acids is 1. The molecule has 1 amide bonds. The summed E-state index contributed by atoms with van der Waals surface area (Å²) in [5.74, 6) is -0.582. The summed E-state index contributed by atoms with van der Waals surface area (Å²) in [5, 5.41) is 2.69. The highest BCUT2D eigenvalue weighted by atomic mass is 79.9. The van der Waals surface area contributed by atoms with Gasteiger partial charge in [-0.05, 0) is 39.2 Å². The molecule has 2 aromatic rings. The maximum atomic E-state index is 13.8. The Hall–Kier alpha value is -1.39. The van der Waals surface area contributed by atoms with E-state index in [1.54, 1.807) is 12.1 Å². The number of rotatable bonds is 4. The molecule has 0 spiro atoms. The number of nitrogens with one attached hydrogen (secondary N) is 1. The number of benzene rings is 2. The first-order valence-electron chi connectivity index (χ1n) is 5.98. The van der Waals surface area contributed by atoms with Crippen LogP contribution in [0, 0.1) is 5.82 Å². The van der Waals surface area contributed by atoms with Gasteiger partial charge in [-0.15, -0.1) is 11.6 Å². The highest BCUT2D eigenvalue weighted by molar-refractivity contribution is 9.10. The lowest BCUT2D eigenvalue weighted by Crippen LogP contribution is -2.24. The monoisotopic (exact) mass is 355 g/mol. The summed E-state index contributed by atoms with van der Waals surface area (Å²) in [7, 11) is 0. The van der Waals surface area contributed by atoms with Crippen molar-refractivity contribution >= 4 is 33.4 Å². The summed E-state index contributed by atoms with van der Waals surface area (Å²) in [4.78, 5) is 11.9. The largest absolute Gasteiger partial charge is 0.348 e. The lowest BCUT2D eigenvalue weighted by molar-refractivity contribution is 0.0946. The number of carbonyl (C=O) groups is 1. The van der Waals surface area contributed by atoms with Crippen LogP contribution in [0.15, 0.2) is 46.9 Å². The van der Waals surface area contributed by atoms with E-state index in [-0.39, 0.29) is 10.0 Å². The van der Waals surface area contributed by atoms with Gasteiger partial charge in [0.15, 0.2) is 0 Å². The van der Waals surface area contributed by atoms with Crippen LogP contribution in [0.4, 0.5) is 4.39 Å². The molecule has 0 unspecified atom stereocenters. The zero-order valence-corrected chi connectivity index (χ0v) is 12.8. The van der Waals surface area contributed by atoms with Gasteiger partial charge in [0.1, 0.15) is 5.82 Å². The lowest BCUT2D eigenvalue weighted by Gasteiger charge is -2.08. The van der Waals surface area contributed by atoms with E-state index in [1.165, 1.54) is 6.07 Å². The topological polar surface area (TPSA) is 29.1 Å². The Morgan fingerprint density at radius 1 is 1.20 bits per heavy atom. The van der Waals surface area contributed by atoms with Crippen LogP contribution in [-0.2, 0) is 12.4 Å². The van der Waals surface area contributed by atoms with E-state index in [2.05, 4.69) is 21.2 Å². The Kier molecular flexibility index (Phi) is 5.15. The quantitative estimate of drug-likeness (QED) is 0.815. The molecule has 0 aliphatic heterocycles. The van der Waals surface area contributed by atoms with Crippen molar-refractivity contribution in [1.29, 1.82) is 0 Å². The maximum Gasteiger partial charge on any atom is 0.254 e. The van der Waals surface area contributed by atoms with E-state index in [9.17, 15) is 9.18 Å². The van der Waals surface area contributed by atoms with Crippen LogP contribution in [0.25, 0.3) is 0 Å². The van der Waals surface area contributed by atoms with Crippen LogP contribution < -0.4 is 5.32 Å². The molecule has 0 radical (unpaired) electrons. The average Bonchev–Trinajstić information content (AvgIpc) is 2.48. The molecule has 2 nitrogen and oxygen atoms in total. The van der Waals surface area contributed by atoms with Gasteiger partial charge in [0.2, 0.25) is 0 Å². The smallest absolute Gasteiger partial charge is 0.254 e. The second kappa shape index (κ2) is 6.86. The molecule has 0 aliphatic rings. The van der Waals surface area contributed by atoms with Gasteiger partial charge < -0.3 is 5.32 Å². The van der Waals surface area contributed by atoms with Crippen molar-refractivity contribution in [2.75, 3.05) is 0 Å². The van der Waals surface area contributed by atoms with Gasteiger partial charge in [-0.1, -0.05) is 30.3 Å². The van der Waals surface area contributed by atoms with E-state index in [0.29, 0.717) is 12.4 Å². The number of halogens is 3. The molecule has 2 rings (SSSR count). The Morgan fingerprint density at radius 2 is 1.90 bits per heavy atom. The highest BCUT2D eigenvalue weighted by Crippen LogP contribution is 2.18. The van der Waals surface area contributed by atoms with E-state index in [1.807, 2.05) is 24.3 Å². The molecule has 0 fully saturated rings. The number of hydrogen-bond donors (Lipinski definition) is 1. The fraction of sp³-hybridized carbons (Fsp3) is 0.133. The van der Waals surface area contributed by atoms with Gasteiger partial charge in [-0.25, -0.2) is 4.39 Å². The number of alkyl halides is 1. The highest BCUT2D eigenvalue weighted by Gasteiger charge is 2.13. The number of amides is 1. The van der Waals surface area contributed by atoms with Crippen molar-refractivity contribution in [2.24, 2.45) is 0 Å². The molecule has 0 atom stereocenters. The van der Waals surface area contributed by atoms with E-state index < -0.39 is 11.7 Å². The van der Waals surface area contributed by atoms with Crippen molar-refractivity contribution in [1.82, 2.24) is 5.32 Å². The Bertz CT molecular complexity index is 633. The molecule has 5 heteroatoms. The minimum atomic E-state index is -0.556. The summed E-state index contributed by atoms with van der Waals surface area (Å²) >= 11 is 8.81. The maximum absolute atomic E-state index is 13.8. The predicted molar refractivity (Wildman–Crippen MR) is 81.3 cm³/mol. The first-order chi connectivity index (χ1) is 9.61. The minimum Gasteiger partial charge on any atom is -0.348 e. The van der Waals surface area contributed by atoms with Crippen molar-refractivity contribution in [3.05, 3.63) is 69.4 Å². The summed E-state index contributed by atoms with van der Waals surface area (Å²) in [6, 6.07) is 12.2. The molecule has 0 saturated heterocycles. The summed E-state index contributed by atoms with van der Waals surface area (Å²) in [6.07, 6.45) is 0. The third-order valence-electron chi connectivity index (χ3n) is 2.79. The normalized spacial score (nSPS) is 10.3. The zero-order chi connectivity index (χ0) is 14.5. The lowest BCUT2D eigenvalue weighted by atomic mass is 10.1. The van der Waals surface area contributed by atoms with Crippen molar-refractivity contribution in [3.63, 3.8) is 0 Å². The minimum absolute atomic E-state index is 0.0212. The van der Waals surface area contributed by atoms with E-state index in [4.69, 9.17) is 11.6 Å². The molecule has 2 aromatic carbocycles. The van der Waals surface area contributed by atoms with Gasteiger partial charge in [-0.3, -0.25) is 4.79 Å². The molecule has 0 bridgehead atoms. The van der Waals surface area contributed by atoms with E-state index >= 15 is 0 Å². The van der Waals surface area contributed by atoms with Gasteiger partial charge >= 0.3 is 0 Å². The van der Waals surface area contributed by atoms with Gasteiger partial charge in [0, 0.05) is 12.4 Å². The zero-order valence-electron chi connectivity index (χ0n) is 10.5. The summed E-state index contributed by atoms with van der Waals surface area (Å²) < 4.78 is 14.0. The Morgan fingerprint density at radius 3 is 2.65 bits per heavy atom. The fourth-order valence-electron chi connectivity index (χ4n) is 1.78. The average molecular weight is 357 g/mol. The first-order valence-corrected chi connectivity index (χ1v) is 7.30. The van der Waals surface area contributed by atoms with Crippen molar-refractivity contribution in [2.45, 2.75) is 12.4 Å². The van der Waals surface area contributed by atoms with Gasteiger partial charge in [0.05, 0.1) is 10.0 Å². The predicted octanol–water partition coefficient (Wildman–Crippen LogP) is 4.26. The molecular formula is C15H12BrClFNO. The molecule has 0 heterocycles. The third kappa shape index (κ3) is 3.58. The molecular weight excluding hydrogens is 345 g/mol. The molecule has 0 aliphatic carbocycles. The molecule has 20 heavy (non-hydrogen) atoms. The SMILES string of the molecule is O=C(NCc1cccc(CCl)c1)c1cccc(Br)c1F. The fourth-order valence-corrected chi connectivity index (χ4v) is 2.31. The van der Waals surface area contributed by atoms with Crippen LogP contribution >= 0.6 is 27.5 Å². The van der Waals surface area contributed by atoms with E-state index in [0.717, 1.165) is 11.1 Å². The van der Waals surface area contributed by atoms with Crippen LogP contribution in [0.2, 0.25) is 0 Å². The van der Waals surface area contributed by atoms with Crippen molar-refractivity contribution in [3.8, 4) is 0 Å². The summed E-state index contributed by atoms with van der Waals surface area (Å²) in [5.41, 5.74) is 1.92. The standard InChI is InChI=1S/C15H12BrClFNO/c16-13-6-2-5-12(14(13)18)15(20)19-9-11-4-1-3-10(7-11)8-17/h1-7H,8-9H2,(H,19,20). The Labute approximate surface area is 130 Å². The Balaban J connectivity index is 2.06.